The molecule has 1 saturated heterocycles. The van der Waals surface area contributed by atoms with Gasteiger partial charge >= 0.3 is 6.98 Å². The van der Waals surface area contributed by atoms with E-state index < -0.39 is 19.6 Å². The number of hydrogen-bond donors (Lipinski definition) is 0. The molecule has 0 bridgehead atoms. The van der Waals surface area contributed by atoms with Gasteiger partial charge in [-0.15, -0.1) is 0 Å². The Kier molecular flexibility index (Phi) is 4.06. The van der Waals surface area contributed by atoms with Gasteiger partial charge in [0.25, 0.3) is 0 Å². The van der Waals surface area contributed by atoms with Crippen LogP contribution in [0.2, 0.25) is 6.32 Å². The maximum atomic E-state index is 11.8. The highest BCUT2D eigenvalue weighted by molar-refractivity contribution is 6.58. The van der Waals surface area contributed by atoms with E-state index in [4.69, 9.17) is 9.47 Å². The quantitative estimate of drug-likeness (QED) is 0.644. The lowest BCUT2D eigenvalue weighted by atomic mass is 9.87. The normalized spacial score (nSPS) is 24.7. The molecule has 1 aliphatic heterocycles. The third-order valence-corrected chi connectivity index (χ3v) is 1.89. The van der Waals surface area contributed by atoms with E-state index in [1.165, 1.54) is 0 Å². The molecule has 0 unspecified atom stereocenters. The molecule has 0 aliphatic carbocycles. The molecule has 1 rings (SSSR count). The summed E-state index contributed by atoms with van der Waals surface area (Å²) in [6, 6.07) is 0. The van der Waals surface area contributed by atoms with Gasteiger partial charge in [-0.1, -0.05) is 6.32 Å². The molecule has 6 heteroatoms. The molecule has 0 radical (unpaired) electrons. The Morgan fingerprint density at radius 1 is 1.31 bits per heavy atom. The lowest BCUT2D eigenvalue weighted by Gasteiger charge is -2.23. The Bertz CT molecular complexity index is 145. The fraction of sp³-hybridized carbons (Fsp3) is 1.00. The predicted molar refractivity (Wildman–Crippen MR) is 43.4 cm³/mol. The van der Waals surface area contributed by atoms with Crippen LogP contribution in [0.5, 0.6) is 0 Å². The summed E-state index contributed by atoms with van der Waals surface area (Å²) in [6.07, 6.45) is 1.42. The molecule has 78 valence electrons. The molecule has 0 spiro atoms. The SMILES string of the molecule is F[B-](F)(F)CCO[C@@H]1CCCCO1. The first-order chi connectivity index (χ1) is 6.08. The standard InChI is InChI=1S/C7H13BF3O2/c9-8(10,11)4-6-13-7-3-1-2-5-12-7/h7H,1-6H2/q-1/t7-/m1/s1. The maximum absolute atomic E-state index is 11.8. The number of hydrogen-bond acceptors (Lipinski definition) is 2. The molecular formula is C7H13BF3O2-. The van der Waals surface area contributed by atoms with E-state index in [1.54, 1.807) is 0 Å². The van der Waals surface area contributed by atoms with Crippen molar-refractivity contribution in [3.63, 3.8) is 0 Å². The zero-order chi connectivity index (χ0) is 9.73. The van der Waals surface area contributed by atoms with Gasteiger partial charge in [0, 0.05) is 13.2 Å². The van der Waals surface area contributed by atoms with Crippen LogP contribution >= 0.6 is 0 Å². The van der Waals surface area contributed by atoms with Crippen LogP contribution in [0.1, 0.15) is 19.3 Å². The predicted octanol–water partition coefficient (Wildman–Crippen LogP) is 2.38. The minimum Gasteiger partial charge on any atom is -0.449 e. The van der Waals surface area contributed by atoms with E-state index in [-0.39, 0.29) is 6.61 Å². The average Bonchev–Trinajstić information content (AvgIpc) is 2.04. The summed E-state index contributed by atoms with van der Waals surface area (Å²) in [4.78, 5) is 0. The lowest BCUT2D eigenvalue weighted by Crippen LogP contribution is -2.25. The third-order valence-electron chi connectivity index (χ3n) is 1.89. The van der Waals surface area contributed by atoms with Crippen molar-refractivity contribution >= 4 is 6.98 Å². The maximum Gasteiger partial charge on any atom is 0.480 e. The van der Waals surface area contributed by atoms with Crippen molar-refractivity contribution in [2.75, 3.05) is 13.2 Å². The largest absolute Gasteiger partial charge is 0.480 e. The molecule has 2 nitrogen and oxygen atoms in total. The van der Waals surface area contributed by atoms with Gasteiger partial charge in [0.05, 0.1) is 0 Å². The molecule has 0 aromatic heterocycles. The molecular weight excluding hydrogens is 184 g/mol. The monoisotopic (exact) mass is 197 g/mol. The highest BCUT2D eigenvalue weighted by atomic mass is 19.4. The smallest absolute Gasteiger partial charge is 0.449 e. The zero-order valence-electron chi connectivity index (χ0n) is 7.35. The fourth-order valence-corrected chi connectivity index (χ4v) is 1.18. The summed E-state index contributed by atoms with van der Waals surface area (Å²) in [7, 11) is 0. The van der Waals surface area contributed by atoms with Crippen LogP contribution in [-0.2, 0) is 9.47 Å². The first-order valence-electron chi connectivity index (χ1n) is 4.52. The topological polar surface area (TPSA) is 18.5 Å². The second-order valence-corrected chi connectivity index (χ2v) is 3.17. The second kappa shape index (κ2) is 4.86. The van der Waals surface area contributed by atoms with Crippen LogP contribution in [0.4, 0.5) is 12.9 Å². The van der Waals surface area contributed by atoms with Crippen molar-refractivity contribution in [1.29, 1.82) is 0 Å². The van der Waals surface area contributed by atoms with Gasteiger partial charge in [0.1, 0.15) is 0 Å². The molecule has 1 heterocycles. The Morgan fingerprint density at radius 2 is 2.08 bits per heavy atom. The average molecular weight is 197 g/mol. The molecule has 0 amide bonds. The molecule has 0 aromatic rings. The van der Waals surface area contributed by atoms with E-state index >= 15 is 0 Å². The molecule has 0 N–H and O–H groups in total. The van der Waals surface area contributed by atoms with E-state index in [0.29, 0.717) is 13.0 Å². The first-order valence-corrected chi connectivity index (χ1v) is 4.52. The van der Waals surface area contributed by atoms with Gasteiger partial charge in [0.15, 0.2) is 6.29 Å². The lowest BCUT2D eigenvalue weighted by molar-refractivity contribution is -0.159. The van der Waals surface area contributed by atoms with Crippen LogP contribution in [-0.4, -0.2) is 26.5 Å². The minimum absolute atomic E-state index is 0.270. The van der Waals surface area contributed by atoms with Crippen molar-refractivity contribution in [3.8, 4) is 0 Å². The molecule has 1 atom stereocenters. The minimum atomic E-state index is -4.71. The second-order valence-electron chi connectivity index (χ2n) is 3.17. The first kappa shape index (κ1) is 10.9. The van der Waals surface area contributed by atoms with Crippen LogP contribution in [0.25, 0.3) is 0 Å². The summed E-state index contributed by atoms with van der Waals surface area (Å²) in [5.41, 5.74) is 0. The van der Waals surface area contributed by atoms with Crippen molar-refractivity contribution in [2.45, 2.75) is 31.9 Å². The number of ether oxygens (including phenoxy) is 2. The molecule has 0 aromatic carbocycles. The highest BCUT2D eigenvalue weighted by Crippen LogP contribution is 2.17. The Balaban J connectivity index is 2.04. The van der Waals surface area contributed by atoms with E-state index in [9.17, 15) is 12.9 Å². The van der Waals surface area contributed by atoms with E-state index in [1.807, 2.05) is 0 Å². The number of halogens is 3. The molecule has 13 heavy (non-hydrogen) atoms. The van der Waals surface area contributed by atoms with Gasteiger partial charge in [-0.25, -0.2) is 0 Å². The van der Waals surface area contributed by atoms with E-state index in [0.717, 1.165) is 12.8 Å². The molecule has 1 fully saturated rings. The Labute approximate surface area is 75.5 Å². The van der Waals surface area contributed by atoms with Crippen molar-refractivity contribution in [1.82, 2.24) is 0 Å². The van der Waals surface area contributed by atoms with Crippen LogP contribution in [0, 0.1) is 0 Å². The molecule has 0 saturated carbocycles. The summed E-state index contributed by atoms with van der Waals surface area (Å²) < 4.78 is 45.3. The summed E-state index contributed by atoms with van der Waals surface area (Å²) in [6.45, 7) is -4.38. The van der Waals surface area contributed by atoms with Crippen LogP contribution in [0.3, 0.4) is 0 Å². The molecule has 1 aliphatic rings. The summed E-state index contributed by atoms with van der Waals surface area (Å²) in [5, 5.41) is 0. The van der Waals surface area contributed by atoms with Crippen molar-refractivity contribution in [3.05, 3.63) is 0 Å². The van der Waals surface area contributed by atoms with E-state index in [2.05, 4.69) is 0 Å². The van der Waals surface area contributed by atoms with Crippen molar-refractivity contribution < 1.29 is 22.4 Å². The van der Waals surface area contributed by atoms with Crippen LogP contribution in [0.15, 0.2) is 0 Å². The van der Waals surface area contributed by atoms with Gasteiger partial charge in [-0.2, -0.15) is 0 Å². The third kappa shape index (κ3) is 5.15. The van der Waals surface area contributed by atoms with Gasteiger partial charge in [-0.05, 0) is 19.3 Å². The summed E-state index contributed by atoms with van der Waals surface area (Å²) in [5.74, 6) is 0. The van der Waals surface area contributed by atoms with Gasteiger partial charge in [0.2, 0.25) is 0 Å². The number of rotatable bonds is 4. The van der Waals surface area contributed by atoms with Crippen molar-refractivity contribution in [2.24, 2.45) is 0 Å². The van der Waals surface area contributed by atoms with Gasteiger partial charge in [-0.3, -0.25) is 0 Å². The summed E-state index contributed by atoms with van der Waals surface area (Å²) >= 11 is 0. The van der Waals surface area contributed by atoms with Gasteiger partial charge < -0.3 is 22.4 Å². The highest BCUT2D eigenvalue weighted by Gasteiger charge is 2.23. The van der Waals surface area contributed by atoms with Crippen LogP contribution < -0.4 is 0 Å². The Hall–Kier alpha value is -0.225. The fourth-order valence-electron chi connectivity index (χ4n) is 1.18. The Morgan fingerprint density at radius 3 is 2.62 bits per heavy atom. The zero-order valence-corrected chi connectivity index (χ0v) is 7.35.